The maximum atomic E-state index is 12.9. The van der Waals surface area contributed by atoms with Crippen molar-refractivity contribution in [1.29, 1.82) is 0 Å². The van der Waals surface area contributed by atoms with E-state index in [2.05, 4.69) is 5.32 Å². The van der Waals surface area contributed by atoms with Crippen LogP contribution >= 0.6 is 0 Å². The second-order valence-electron chi connectivity index (χ2n) is 15.1. The van der Waals surface area contributed by atoms with Crippen LogP contribution in [-0.2, 0) is 48.2 Å². The quantitative estimate of drug-likeness (QED) is 0.0649. The highest BCUT2D eigenvalue weighted by atomic mass is 16.7. The fourth-order valence-electron chi connectivity index (χ4n) is 7.11. The number of aliphatic hydroxyl groups excluding tert-OH is 6. The number of hydrogen-bond acceptors (Lipinski definition) is 15. The number of rotatable bonds is 19. The highest BCUT2D eigenvalue weighted by Gasteiger charge is 2.51. The molecule has 4 aromatic carbocycles. The van der Waals surface area contributed by atoms with Crippen LogP contribution in [0.3, 0.4) is 0 Å². The number of benzene rings is 4. The van der Waals surface area contributed by atoms with Crippen LogP contribution in [0.5, 0.6) is 11.5 Å². The lowest BCUT2D eigenvalue weighted by Gasteiger charge is -2.46. The Labute approximate surface area is 353 Å². The summed E-state index contributed by atoms with van der Waals surface area (Å²) in [6.07, 6.45) is -13.1. The van der Waals surface area contributed by atoms with Crippen LogP contribution in [0.4, 0.5) is 0 Å². The summed E-state index contributed by atoms with van der Waals surface area (Å²) in [5.41, 5.74) is 9.42. The van der Waals surface area contributed by atoms with Crippen molar-refractivity contribution >= 4 is 12.2 Å². The Hall–Kier alpha value is -4.82. The van der Waals surface area contributed by atoms with E-state index in [4.69, 9.17) is 34.2 Å². The van der Waals surface area contributed by atoms with Gasteiger partial charge in [-0.25, -0.2) is 0 Å². The van der Waals surface area contributed by atoms with Crippen LogP contribution in [0.15, 0.2) is 109 Å². The zero-order chi connectivity index (χ0) is 43.5. The number of amides is 1. The Bertz CT molecular complexity index is 1940. The van der Waals surface area contributed by atoms with E-state index in [-0.39, 0.29) is 24.7 Å². The lowest BCUT2D eigenvalue weighted by Crippen LogP contribution is -2.65. The SMILES string of the molecule is CC(c1ccccc1)[C@H](N)C(=O)N[C@H]([C]=O)Cc1ccc(OC2OC(CO)C(OC3OC(CO)C(O)C(OCc4ccc(OCc5ccccc5)cc4)C3O)C(O)C2O)cc1. The number of nitrogens with one attached hydrogen (secondary N) is 1. The molecule has 0 spiro atoms. The summed E-state index contributed by atoms with van der Waals surface area (Å²) in [6, 6.07) is 30.5. The second-order valence-corrected chi connectivity index (χ2v) is 15.1. The number of carbonyl (C=O) groups is 1. The fourth-order valence-corrected chi connectivity index (χ4v) is 7.11. The van der Waals surface area contributed by atoms with E-state index in [9.17, 15) is 40.2 Å². The molecule has 2 aliphatic heterocycles. The predicted molar refractivity (Wildman–Crippen MR) is 217 cm³/mol. The van der Waals surface area contributed by atoms with Crippen molar-refractivity contribution < 1.29 is 68.6 Å². The summed E-state index contributed by atoms with van der Waals surface area (Å²) in [7, 11) is 0. The van der Waals surface area contributed by atoms with Gasteiger partial charge in [0.25, 0.3) is 0 Å². The molecule has 0 aromatic heterocycles. The van der Waals surface area contributed by atoms with Crippen molar-refractivity contribution in [2.24, 2.45) is 5.73 Å². The van der Waals surface area contributed by atoms with Gasteiger partial charge in [-0.3, -0.25) is 9.59 Å². The van der Waals surface area contributed by atoms with Gasteiger partial charge in [-0.1, -0.05) is 91.9 Å². The molecule has 16 heteroatoms. The summed E-state index contributed by atoms with van der Waals surface area (Å²) < 4.78 is 34.9. The smallest absolute Gasteiger partial charge is 0.238 e. The minimum Gasteiger partial charge on any atom is -0.489 e. The van der Waals surface area contributed by atoms with E-state index in [1.54, 1.807) is 36.4 Å². The van der Waals surface area contributed by atoms with Gasteiger partial charge in [0.05, 0.1) is 31.9 Å². The zero-order valence-electron chi connectivity index (χ0n) is 33.5. The minimum absolute atomic E-state index is 0.0499. The van der Waals surface area contributed by atoms with E-state index < -0.39 is 92.6 Å². The number of hydrogen-bond donors (Lipinski definition) is 8. The molecule has 2 saturated heterocycles. The first-order valence-corrected chi connectivity index (χ1v) is 20.0. The molecule has 0 saturated carbocycles. The summed E-state index contributed by atoms with van der Waals surface area (Å²) in [4.78, 5) is 24.7. The monoisotopic (exact) mass is 845 g/mol. The van der Waals surface area contributed by atoms with Crippen molar-refractivity contribution in [3.05, 3.63) is 131 Å². The van der Waals surface area contributed by atoms with Crippen molar-refractivity contribution in [2.75, 3.05) is 13.2 Å². The number of aliphatic hydroxyl groups is 6. The summed E-state index contributed by atoms with van der Waals surface area (Å²) in [5, 5.41) is 67.3. The van der Waals surface area contributed by atoms with E-state index in [1.807, 2.05) is 73.9 Å². The van der Waals surface area contributed by atoms with Crippen molar-refractivity contribution in [1.82, 2.24) is 5.32 Å². The maximum Gasteiger partial charge on any atom is 0.238 e. The second kappa shape index (κ2) is 21.8. The zero-order valence-corrected chi connectivity index (χ0v) is 33.5. The molecule has 1 amide bonds. The molecule has 1 radical (unpaired) electrons. The molecule has 0 bridgehead atoms. The third kappa shape index (κ3) is 11.8. The molecule has 327 valence electrons. The third-order valence-corrected chi connectivity index (χ3v) is 10.8. The molecule has 6 rings (SSSR count). The number of ether oxygens (including phenoxy) is 6. The number of nitrogens with two attached hydrogens (primary N) is 1. The van der Waals surface area contributed by atoms with Crippen molar-refractivity contribution in [2.45, 2.75) is 106 Å². The van der Waals surface area contributed by atoms with Crippen LogP contribution in [0, 0.1) is 0 Å². The molecule has 16 nitrogen and oxygen atoms in total. The fraction of sp³-hybridized carbons (Fsp3) is 0.422. The van der Waals surface area contributed by atoms with E-state index >= 15 is 0 Å². The predicted octanol–water partition coefficient (Wildman–Crippen LogP) is 0.761. The average Bonchev–Trinajstić information content (AvgIpc) is 3.29. The summed E-state index contributed by atoms with van der Waals surface area (Å²) in [6.45, 7) is 0.781. The molecular weight excluding hydrogens is 792 g/mol. The van der Waals surface area contributed by atoms with E-state index in [1.165, 1.54) is 12.1 Å². The van der Waals surface area contributed by atoms with Gasteiger partial charge in [0.1, 0.15) is 66.9 Å². The molecule has 0 aliphatic carbocycles. The summed E-state index contributed by atoms with van der Waals surface area (Å²) in [5.74, 6) is 0.0295. The lowest BCUT2D eigenvalue weighted by molar-refractivity contribution is -0.355. The highest BCUT2D eigenvalue weighted by molar-refractivity contribution is 5.85. The third-order valence-electron chi connectivity index (χ3n) is 10.8. The van der Waals surface area contributed by atoms with E-state index in [0.717, 1.165) is 11.1 Å². The van der Waals surface area contributed by atoms with Crippen molar-refractivity contribution in [3.63, 3.8) is 0 Å². The standard InChI is InChI=1S/C45H53N2O14/c1-26(30-10-6-3-7-11-30)36(46)43(55)47-31(21-48)20-27-12-18-33(19-13-27)58-44-39(53)38(52)41(35(23-50)60-44)61-45-40(54)42(37(51)34(22-49)59-45)57-25-29-14-16-32(17-15-29)56-24-28-8-4-2-5-9-28/h2-19,26,31,34-42,44-45,49-54H,20,22-25,46H2,1H3,(H,47,55)/t26?,31-,34?,35?,36-,37?,38?,39?,40?,41?,42?,44?,45?/m0/s1. The first kappa shape index (κ1) is 45.7. The Balaban J connectivity index is 1.01. The Morgan fingerprint density at radius 3 is 1.93 bits per heavy atom. The van der Waals surface area contributed by atoms with Crippen LogP contribution in [-0.4, -0.2) is 130 Å². The maximum absolute atomic E-state index is 12.9. The largest absolute Gasteiger partial charge is 0.489 e. The van der Waals surface area contributed by atoms with Gasteiger partial charge < -0.3 is 70.1 Å². The van der Waals surface area contributed by atoms with Gasteiger partial charge in [0, 0.05) is 12.3 Å². The minimum atomic E-state index is -1.74. The molecule has 2 fully saturated rings. The normalized spacial score (nSPS) is 27.9. The number of carbonyl (C=O) groups excluding carboxylic acids is 2. The molecule has 2 heterocycles. The Morgan fingerprint density at radius 1 is 0.705 bits per heavy atom. The Morgan fingerprint density at radius 2 is 1.30 bits per heavy atom. The van der Waals surface area contributed by atoms with Gasteiger partial charge in [0.15, 0.2) is 6.29 Å². The molecule has 2 aliphatic rings. The average molecular weight is 846 g/mol. The van der Waals surface area contributed by atoms with Gasteiger partial charge in [-0.15, -0.1) is 0 Å². The molecule has 61 heavy (non-hydrogen) atoms. The first-order valence-electron chi connectivity index (χ1n) is 20.0. The van der Waals surface area contributed by atoms with Gasteiger partial charge in [0.2, 0.25) is 18.5 Å². The van der Waals surface area contributed by atoms with Gasteiger partial charge in [-0.2, -0.15) is 0 Å². The van der Waals surface area contributed by atoms with Crippen LogP contribution in [0.1, 0.15) is 35.1 Å². The van der Waals surface area contributed by atoms with Crippen molar-refractivity contribution in [3.8, 4) is 11.5 Å². The van der Waals surface area contributed by atoms with Gasteiger partial charge >= 0.3 is 0 Å². The van der Waals surface area contributed by atoms with Crippen LogP contribution < -0.4 is 20.5 Å². The molecule has 13 atom stereocenters. The first-order chi connectivity index (χ1) is 29.5. The van der Waals surface area contributed by atoms with Gasteiger partial charge in [-0.05, 0) is 46.5 Å². The molecular formula is C45H53N2O14. The molecule has 11 unspecified atom stereocenters. The summed E-state index contributed by atoms with van der Waals surface area (Å²) >= 11 is 0. The van der Waals surface area contributed by atoms with Crippen LogP contribution in [0.25, 0.3) is 0 Å². The highest BCUT2D eigenvalue weighted by Crippen LogP contribution is 2.32. The molecule has 9 N–H and O–H groups in total. The Kier molecular flexibility index (Phi) is 16.3. The lowest BCUT2D eigenvalue weighted by atomic mass is 9.93. The van der Waals surface area contributed by atoms with E-state index in [0.29, 0.717) is 23.5 Å². The van der Waals surface area contributed by atoms with Crippen LogP contribution in [0.2, 0.25) is 0 Å². The topological polar surface area (TPSA) is 249 Å². The molecule has 4 aromatic rings.